The first-order valence-corrected chi connectivity index (χ1v) is 5.17. The Bertz CT molecular complexity index is 602. The molecule has 0 unspecified atom stereocenters. The lowest BCUT2D eigenvalue weighted by Crippen LogP contribution is -1.86. The van der Waals surface area contributed by atoms with Crippen LogP contribution in [0.15, 0.2) is 27.1 Å². The van der Waals surface area contributed by atoms with Gasteiger partial charge in [-0.3, -0.25) is 14.9 Å². The quantitative estimate of drug-likeness (QED) is 0.481. The van der Waals surface area contributed by atoms with Gasteiger partial charge in [0.25, 0.3) is 5.69 Å². The Kier molecular flexibility index (Phi) is 2.51. The minimum Gasteiger partial charge on any atom is -0.452 e. The molecule has 1 heterocycles. The highest BCUT2D eigenvalue weighted by Gasteiger charge is 2.15. The molecule has 82 valence electrons. The maximum atomic E-state index is 11.1. The standard InChI is InChI=1S/C10H6BrNO4/c1-5(13)9-3-6-2-7(12(14)15)4-8(11)10(6)16-9/h2-4H,1H3. The van der Waals surface area contributed by atoms with Gasteiger partial charge in [-0.05, 0) is 22.0 Å². The van der Waals surface area contributed by atoms with Crippen molar-refractivity contribution in [3.05, 3.63) is 38.5 Å². The van der Waals surface area contributed by atoms with Gasteiger partial charge < -0.3 is 4.42 Å². The highest BCUT2D eigenvalue weighted by atomic mass is 79.9. The number of benzene rings is 1. The van der Waals surface area contributed by atoms with Gasteiger partial charge in [0.2, 0.25) is 0 Å². The Balaban J connectivity index is 2.72. The molecular formula is C10H6BrNO4. The van der Waals surface area contributed by atoms with Crippen LogP contribution in [0.4, 0.5) is 5.69 Å². The summed E-state index contributed by atoms with van der Waals surface area (Å²) in [5.74, 6) is -0.0260. The third-order valence-electron chi connectivity index (χ3n) is 2.11. The first-order chi connectivity index (χ1) is 7.49. The summed E-state index contributed by atoms with van der Waals surface area (Å²) >= 11 is 3.17. The maximum Gasteiger partial charge on any atom is 0.271 e. The summed E-state index contributed by atoms with van der Waals surface area (Å²) in [7, 11) is 0. The fourth-order valence-corrected chi connectivity index (χ4v) is 1.92. The van der Waals surface area contributed by atoms with E-state index < -0.39 is 4.92 Å². The Morgan fingerprint density at radius 1 is 1.44 bits per heavy atom. The lowest BCUT2D eigenvalue weighted by molar-refractivity contribution is -0.384. The zero-order valence-electron chi connectivity index (χ0n) is 8.19. The van der Waals surface area contributed by atoms with Gasteiger partial charge in [-0.15, -0.1) is 0 Å². The molecule has 2 aromatic rings. The molecule has 0 amide bonds. The summed E-state index contributed by atoms with van der Waals surface area (Å²) in [5.41, 5.74) is 0.395. The zero-order valence-corrected chi connectivity index (χ0v) is 9.78. The van der Waals surface area contributed by atoms with Gasteiger partial charge in [0.15, 0.2) is 11.5 Å². The highest BCUT2D eigenvalue weighted by molar-refractivity contribution is 9.10. The topological polar surface area (TPSA) is 73.3 Å². The molecule has 0 atom stereocenters. The summed E-state index contributed by atoms with van der Waals surface area (Å²) in [6.07, 6.45) is 0. The number of nitrogens with zero attached hydrogens (tertiary/aromatic N) is 1. The van der Waals surface area contributed by atoms with E-state index in [9.17, 15) is 14.9 Å². The van der Waals surface area contributed by atoms with Gasteiger partial charge in [-0.25, -0.2) is 0 Å². The number of non-ortho nitro benzene ring substituents is 1. The highest BCUT2D eigenvalue weighted by Crippen LogP contribution is 2.31. The van der Waals surface area contributed by atoms with Gasteiger partial charge in [0, 0.05) is 24.4 Å². The van der Waals surface area contributed by atoms with E-state index in [0.717, 1.165) is 0 Å². The van der Waals surface area contributed by atoms with Crippen molar-refractivity contribution >= 4 is 38.4 Å². The molecule has 0 N–H and O–H groups in total. The number of carbonyl (C=O) groups excluding carboxylic acids is 1. The van der Waals surface area contributed by atoms with Crippen LogP contribution in [0, 0.1) is 10.1 Å². The summed E-state index contributed by atoms with van der Waals surface area (Å²) < 4.78 is 5.74. The van der Waals surface area contributed by atoms with Crippen LogP contribution >= 0.6 is 15.9 Å². The van der Waals surface area contributed by atoms with Crippen LogP contribution < -0.4 is 0 Å². The van der Waals surface area contributed by atoms with Crippen molar-refractivity contribution in [2.24, 2.45) is 0 Å². The SMILES string of the molecule is CC(=O)c1cc2cc([N+](=O)[O-])cc(Br)c2o1. The molecule has 6 heteroatoms. The molecule has 0 bridgehead atoms. The molecule has 0 radical (unpaired) electrons. The normalized spacial score (nSPS) is 10.6. The Morgan fingerprint density at radius 2 is 2.12 bits per heavy atom. The molecule has 0 fully saturated rings. The van der Waals surface area contributed by atoms with Crippen molar-refractivity contribution < 1.29 is 14.1 Å². The molecule has 16 heavy (non-hydrogen) atoms. The molecule has 0 aliphatic carbocycles. The van der Waals surface area contributed by atoms with E-state index in [1.165, 1.54) is 25.1 Å². The third kappa shape index (κ3) is 1.71. The van der Waals surface area contributed by atoms with Crippen LogP contribution in [-0.2, 0) is 0 Å². The third-order valence-corrected chi connectivity index (χ3v) is 2.70. The fraction of sp³-hybridized carbons (Fsp3) is 0.100. The van der Waals surface area contributed by atoms with E-state index >= 15 is 0 Å². The van der Waals surface area contributed by atoms with E-state index in [0.29, 0.717) is 15.4 Å². The Morgan fingerprint density at radius 3 is 2.69 bits per heavy atom. The summed E-state index contributed by atoms with van der Waals surface area (Å²) in [6.45, 7) is 1.38. The van der Waals surface area contributed by atoms with E-state index in [4.69, 9.17) is 4.42 Å². The van der Waals surface area contributed by atoms with Crippen LogP contribution in [0.25, 0.3) is 11.0 Å². The van der Waals surface area contributed by atoms with E-state index in [-0.39, 0.29) is 17.2 Å². The van der Waals surface area contributed by atoms with Crippen molar-refractivity contribution in [1.82, 2.24) is 0 Å². The minimum absolute atomic E-state index is 0.0460. The van der Waals surface area contributed by atoms with E-state index in [1.807, 2.05) is 0 Å². The summed E-state index contributed by atoms with van der Waals surface area (Å²) in [4.78, 5) is 21.2. The number of fused-ring (bicyclic) bond motifs is 1. The van der Waals surface area contributed by atoms with Crippen LogP contribution in [0.1, 0.15) is 17.5 Å². The number of hydrogen-bond acceptors (Lipinski definition) is 4. The second-order valence-electron chi connectivity index (χ2n) is 3.27. The number of halogens is 1. The van der Waals surface area contributed by atoms with Gasteiger partial charge in [0.05, 0.1) is 9.40 Å². The minimum atomic E-state index is -0.495. The summed E-state index contributed by atoms with van der Waals surface area (Å²) in [5, 5.41) is 11.2. The van der Waals surface area contributed by atoms with Crippen LogP contribution in [0.3, 0.4) is 0 Å². The first kappa shape index (κ1) is 10.8. The Hall–Kier alpha value is -1.69. The van der Waals surface area contributed by atoms with Crippen molar-refractivity contribution in [3.8, 4) is 0 Å². The molecule has 0 saturated heterocycles. The fourth-order valence-electron chi connectivity index (χ4n) is 1.37. The molecule has 2 rings (SSSR count). The lowest BCUT2D eigenvalue weighted by atomic mass is 10.2. The van der Waals surface area contributed by atoms with Gasteiger partial charge in [0.1, 0.15) is 5.58 Å². The predicted octanol–water partition coefficient (Wildman–Crippen LogP) is 3.31. The van der Waals surface area contributed by atoms with Crippen molar-refractivity contribution in [2.45, 2.75) is 6.92 Å². The molecule has 0 aliphatic heterocycles. The van der Waals surface area contributed by atoms with Crippen LogP contribution in [0.5, 0.6) is 0 Å². The molecule has 1 aromatic heterocycles. The molecule has 5 nitrogen and oxygen atoms in total. The van der Waals surface area contributed by atoms with Gasteiger partial charge in [-0.2, -0.15) is 0 Å². The second-order valence-corrected chi connectivity index (χ2v) is 4.12. The van der Waals surface area contributed by atoms with Crippen LogP contribution in [-0.4, -0.2) is 10.7 Å². The maximum absolute atomic E-state index is 11.1. The number of furan rings is 1. The Labute approximate surface area is 98.3 Å². The van der Waals surface area contributed by atoms with Crippen molar-refractivity contribution in [2.75, 3.05) is 0 Å². The number of nitro groups is 1. The average molecular weight is 284 g/mol. The van der Waals surface area contributed by atoms with E-state index in [2.05, 4.69) is 15.9 Å². The second kappa shape index (κ2) is 3.71. The number of nitro benzene ring substituents is 1. The number of carbonyl (C=O) groups is 1. The largest absolute Gasteiger partial charge is 0.452 e. The van der Waals surface area contributed by atoms with E-state index in [1.54, 1.807) is 0 Å². The molecule has 0 aliphatic rings. The zero-order chi connectivity index (χ0) is 11.9. The average Bonchev–Trinajstić information content (AvgIpc) is 2.61. The number of rotatable bonds is 2. The van der Waals surface area contributed by atoms with Crippen LogP contribution in [0.2, 0.25) is 0 Å². The van der Waals surface area contributed by atoms with Gasteiger partial charge in [-0.1, -0.05) is 0 Å². The smallest absolute Gasteiger partial charge is 0.271 e. The monoisotopic (exact) mass is 283 g/mol. The first-order valence-electron chi connectivity index (χ1n) is 4.37. The molecular weight excluding hydrogens is 278 g/mol. The number of ketones is 1. The number of Topliss-reactive ketones (excluding diaryl/α,β-unsaturated/α-hetero) is 1. The summed E-state index contributed by atoms with van der Waals surface area (Å²) in [6, 6.07) is 4.21. The number of hydrogen-bond donors (Lipinski definition) is 0. The van der Waals surface area contributed by atoms with Gasteiger partial charge >= 0.3 is 0 Å². The molecule has 0 spiro atoms. The van der Waals surface area contributed by atoms with Crippen molar-refractivity contribution in [1.29, 1.82) is 0 Å². The molecule has 0 saturated carbocycles. The van der Waals surface area contributed by atoms with Crippen molar-refractivity contribution in [3.63, 3.8) is 0 Å². The lowest BCUT2D eigenvalue weighted by Gasteiger charge is -1.93. The predicted molar refractivity (Wildman–Crippen MR) is 60.6 cm³/mol. The molecule has 1 aromatic carbocycles.